The number of halogens is 1. The van der Waals surface area contributed by atoms with Crippen LogP contribution in [0, 0.1) is 0 Å². The quantitative estimate of drug-likeness (QED) is 0.595. The van der Waals surface area contributed by atoms with Gasteiger partial charge in [-0.15, -0.1) is 0 Å². The molecule has 0 saturated heterocycles. The van der Waals surface area contributed by atoms with Crippen LogP contribution in [0.25, 0.3) is 0 Å². The molecule has 1 rings (SSSR count). The number of nitrogens with two attached hydrogens (primary N) is 1. The molecule has 0 aliphatic carbocycles. The summed E-state index contributed by atoms with van der Waals surface area (Å²) in [4.78, 5) is 10.2. The van der Waals surface area contributed by atoms with Gasteiger partial charge < -0.3 is 10.8 Å². The van der Waals surface area contributed by atoms with Gasteiger partial charge >= 0.3 is 5.97 Å². The molecule has 14 heavy (non-hydrogen) atoms. The van der Waals surface area contributed by atoms with Gasteiger partial charge in [-0.05, 0) is 24.1 Å². The second-order valence-electron chi connectivity index (χ2n) is 2.79. The molecule has 3 nitrogen and oxygen atoms in total. The lowest BCUT2D eigenvalue weighted by Crippen LogP contribution is -1.93. The van der Waals surface area contributed by atoms with Gasteiger partial charge in [0.2, 0.25) is 0 Å². The van der Waals surface area contributed by atoms with Gasteiger partial charge in [0.05, 0.1) is 0 Å². The smallest absolute Gasteiger partial charge is 0.327 e. The maximum absolute atomic E-state index is 10.2. The Labute approximate surface area is 86.8 Å². The lowest BCUT2D eigenvalue weighted by atomic mass is 10.1. The van der Waals surface area contributed by atoms with E-state index in [1.807, 2.05) is 0 Å². The highest BCUT2D eigenvalue weighted by atomic mass is 35.5. The van der Waals surface area contributed by atoms with Gasteiger partial charge in [0, 0.05) is 16.8 Å². The Kier molecular flexibility index (Phi) is 3.54. The summed E-state index contributed by atoms with van der Waals surface area (Å²) in [5.74, 6) is -0.961. The number of carboxylic acids is 1. The molecule has 0 atom stereocenters. The number of hydrogen-bond donors (Lipinski definition) is 2. The van der Waals surface area contributed by atoms with Gasteiger partial charge in [-0.1, -0.05) is 23.7 Å². The first-order valence-corrected chi connectivity index (χ1v) is 4.41. The Morgan fingerprint density at radius 1 is 1.57 bits per heavy atom. The third-order valence-electron chi connectivity index (χ3n) is 1.71. The van der Waals surface area contributed by atoms with E-state index in [2.05, 4.69) is 0 Å². The zero-order valence-corrected chi connectivity index (χ0v) is 8.16. The highest BCUT2D eigenvalue weighted by Gasteiger charge is 1.97. The molecule has 0 unspecified atom stereocenters. The first-order chi connectivity index (χ1) is 6.59. The zero-order chi connectivity index (χ0) is 10.6. The Morgan fingerprint density at radius 2 is 2.29 bits per heavy atom. The van der Waals surface area contributed by atoms with Gasteiger partial charge in [0.15, 0.2) is 0 Å². The third kappa shape index (κ3) is 3.11. The minimum Gasteiger partial charge on any atom is -0.478 e. The topological polar surface area (TPSA) is 63.3 Å². The molecule has 4 heteroatoms. The fourth-order valence-electron chi connectivity index (χ4n) is 1.04. The van der Waals surface area contributed by atoms with Crippen molar-refractivity contribution in [2.45, 2.75) is 6.42 Å². The van der Waals surface area contributed by atoms with Crippen molar-refractivity contribution in [1.29, 1.82) is 0 Å². The van der Waals surface area contributed by atoms with Crippen LogP contribution in [-0.2, 0) is 11.2 Å². The number of anilines is 1. The molecule has 0 bridgehead atoms. The van der Waals surface area contributed by atoms with Crippen molar-refractivity contribution in [3.63, 3.8) is 0 Å². The number of rotatable bonds is 3. The summed E-state index contributed by atoms with van der Waals surface area (Å²) in [6, 6.07) is 5.15. The van der Waals surface area contributed by atoms with Crippen molar-refractivity contribution in [3.8, 4) is 0 Å². The Balaban J connectivity index is 2.73. The molecular formula is C10H10ClNO2. The van der Waals surface area contributed by atoms with Crippen molar-refractivity contribution in [2.75, 3.05) is 5.73 Å². The van der Waals surface area contributed by atoms with Crippen LogP contribution >= 0.6 is 11.6 Å². The fraction of sp³-hybridized carbons (Fsp3) is 0.100. The minimum atomic E-state index is -0.961. The second kappa shape index (κ2) is 4.67. The number of carbonyl (C=O) groups is 1. The normalized spacial score (nSPS) is 10.6. The maximum Gasteiger partial charge on any atom is 0.327 e. The van der Waals surface area contributed by atoms with Crippen LogP contribution in [0.3, 0.4) is 0 Å². The fourth-order valence-corrected chi connectivity index (χ4v) is 1.22. The van der Waals surface area contributed by atoms with Crippen LogP contribution in [0.5, 0.6) is 0 Å². The Hall–Kier alpha value is -1.48. The average molecular weight is 212 g/mol. The van der Waals surface area contributed by atoms with Crippen LogP contribution < -0.4 is 5.73 Å². The molecule has 0 aliphatic rings. The Morgan fingerprint density at radius 3 is 2.86 bits per heavy atom. The number of aliphatic carboxylic acids is 1. The van der Waals surface area contributed by atoms with Crippen molar-refractivity contribution in [2.24, 2.45) is 0 Å². The summed E-state index contributed by atoms with van der Waals surface area (Å²) < 4.78 is 0. The van der Waals surface area contributed by atoms with Gasteiger partial charge in [-0.3, -0.25) is 0 Å². The van der Waals surface area contributed by atoms with E-state index in [9.17, 15) is 4.79 Å². The first-order valence-electron chi connectivity index (χ1n) is 4.03. The predicted octanol–water partition coefficient (Wildman–Crippen LogP) is 2.11. The predicted molar refractivity (Wildman–Crippen MR) is 56.3 cm³/mol. The zero-order valence-electron chi connectivity index (χ0n) is 7.40. The van der Waals surface area contributed by atoms with Crippen molar-refractivity contribution in [1.82, 2.24) is 0 Å². The van der Waals surface area contributed by atoms with Gasteiger partial charge in [-0.25, -0.2) is 4.79 Å². The second-order valence-corrected chi connectivity index (χ2v) is 3.22. The van der Waals surface area contributed by atoms with Crippen molar-refractivity contribution >= 4 is 23.3 Å². The average Bonchev–Trinajstić information content (AvgIpc) is 2.08. The van der Waals surface area contributed by atoms with E-state index in [1.165, 1.54) is 0 Å². The van der Waals surface area contributed by atoms with Crippen molar-refractivity contribution < 1.29 is 9.90 Å². The number of allylic oxidation sites excluding steroid dienone is 1. The molecule has 0 heterocycles. The first kappa shape index (κ1) is 10.6. The van der Waals surface area contributed by atoms with E-state index in [-0.39, 0.29) is 0 Å². The largest absolute Gasteiger partial charge is 0.478 e. The SMILES string of the molecule is Nc1cc(Cl)ccc1C/C=C/C(=O)O. The van der Waals surface area contributed by atoms with Crippen LogP contribution in [-0.4, -0.2) is 11.1 Å². The molecule has 0 aromatic heterocycles. The summed E-state index contributed by atoms with van der Waals surface area (Å²) >= 11 is 5.71. The molecule has 0 aliphatic heterocycles. The summed E-state index contributed by atoms with van der Waals surface area (Å²) in [6.45, 7) is 0. The molecule has 0 spiro atoms. The highest BCUT2D eigenvalue weighted by molar-refractivity contribution is 6.30. The van der Waals surface area contributed by atoms with Gasteiger partial charge in [0.25, 0.3) is 0 Å². The van der Waals surface area contributed by atoms with Gasteiger partial charge in [0.1, 0.15) is 0 Å². The molecule has 0 amide bonds. The van der Waals surface area contributed by atoms with E-state index in [0.717, 1.165) is 11.6 Å². The summed E-state index contributed by atoms with van der Waals surface area (Å²) in [5.41, 5.74) is 7.12. The molecule has 74 valence electrons. The van der Waals surface area contributed by atoms with Crippen LogP contribution in [0.2, 0.25) is 5.02 Å². The summed E-state index contributed by atoms with van der Waals surface area (Å²) in [6.07, 6.45) is 3.13. The van der Waals surface area contributed by atoms with Crippen LogP contribution in [0.15, 0.2) is 30.4 Å². The maximum atomic E-state index is 10.2. The third-order valence-corrected chi connectivity index (χ3v) is 1.94. The molecule has 0 fully saturated rings. The Bertz CT molecular complexity index is 374. The van der Waals surface area contributed by atoms with E-state index in [4.69, 9.17) is 22.4 Å². The number of benzene rings is 1. The molecule has 1 aromatic rings. The van der Waals surface area contributed by atoms with Crippen LogP contribution in [0.1, 0.15) is 5.56 Å². The van der Waals surface area contributed by atoms with Crippen LogP contribution in [0.4, 0.5) is 5.69 Å². The molecule has 3 N–H and O–H groups in total. The van der Waals surface area contributed by atoms with E-state index in [0.29, 0.717) is 17.1 Å². The summed E-state index contributed by atoms with van der Waals surface area (Å²) in [5, 5.41) is 8.94. The van der Waals surface area contributed by atoms with E-state index < -0.39 is 5.97 Å². The van der Waals surface area contributed by atoms with E-state index >= 15 is 0 Å². The monoisotopic (exact) mass is 211 g/mol. The summed E-state index contributed by atoms with van der Waals surface area (Å²) in [7, 11) is 0. The molecular weight excluding hydrogens is 202 g/mol. The molecule has 1 aromatic carbocycles. The highest BCUT2D eigenvalue weighted by Crippen LogP contribution is 2.18. The van der Waals surface area contributed by atoms with Crippen molar-refractivity contribution in [3.05, 3.63) is 40.9 Å². The number of nitrogen functional groups attached to an aromatic ring is 1. The number of carboxylic acid groups (broad SMARTS) is 1. The molecule has 0 radical (unpaired) electrons. The van der Waals surface area contributed by atoms with Gasteiger partial charge in [-0.2, -0.15) is 0 Å². The standard InChI is InChI=1S/C10H10ClNO2/c11-8-5-4-7(9(12)6-8)2-1-3-10(13)14/h1,3-6H,2,12H2,(H,13,14)/b3-1+. The number of hydrogen-bond acceptors (Lipinski definition) is 2. The lowest BCUT2D eigenvalue weighted by molar-refractivity contribution is -0.131. The van der Waals surface area contributed by atoms with E-state index in [1.54, 1.807) is 24.3 Å². The minimum absolute atomic E-state index is 0.495. The lowest BCUT2D eigenvalue weighted by Gasteiger charge is -2.02. The molecule has 0 saturated carbocycles.